The molecule has 0 N–H and O–H groups in total. The van der Waals surface area contributed by atoms with Gasteiger partial charge in [0.25, 0.3) is 10.0 Å². The van der Waals surface area contributed by atoms with Gasteiger partial charge >= 0.3 is 0 Å². The average molecular weight is 352 g/mol. The molecule has 8 heteroatoms. The minimum absolute atomic E-state index is 0.0466. The highest BCUT2D eigenvalue weighted by Gasteiger charge is 2.33. The smallest absolute Gasteiger partial charge is 0.254 e. The van der Waals surface area contributed by atoms with E-state index in [0.29, 0.717) is 11.7 Å². The molecule has 2 heterocycles. The molecule has 1 saturated heterocycles. The van der Waals surface area contributed by atoms with Crippen molar-refractivity contribution in [3.05, 3.63) is 10.2 Å². The summed E-state index contributed by atoms with van der Waals surface area (Å²) in [7, 11) is -1.84. The topological polar surface area (TPSA) is 53.5 Å². The summed E-state index contributed by atoms with van der Waals surface area (Å²) in [5, 5.41) is 0. The summed E-state index contributed by atoms with van der Waals surface area (Å²) >= 11 is 6.87. The molecule has 0 unspecified atom stereocenters. The van der Waals surface area contributed by atoms with Gasteiger partial charge in [0.05, 0.1) is 5.69 Å². The lowest BCUT2D eigenvalue weighted by atomic mass is 10.0. The molecule has 1 fully saturated rings. The van der Waals surface area contributed by atoms with Crippen molar-refractivity contribution in [2.24, 2.45) is 0 Å². The number of thiazole rings is 1. The number of aromatic nitrogens is 1. The van der Waals surface area contributed by atoms with E-state index in [4.69, 9.17) is 11.6 Å². The number of rotatable bonds is 4. The van der Waals surface area contributed by atoms with E-state index in [1.165, 1.54) is 4.31 Å². The lowest BCUT2D eigenvalue weighted by molar-refractivity contribution is 0.140. The van der Waals surface area contributed by atoms with E-state index >= 15 is 0 Å². The molecular formula is C13H22ClN3O2S2. The van der Waals surface area contributed by atoms with Gasteiger partial charge in [-0.2, -0.15) is 4.31 Å². The predicted octanol–water partition coefficient (Wildman–Crippen LogP) is 2.60. The van der Waals surface area contributed by atoms with Crippen LogP contribution in [0.25, 0.3) is 0 Å². The standard InChI is InChI=1S/C13H22ClN3O2S2/c1-9(2)17-7-5-11(6-8-17)16(4)21(18,19)12-10(3)15-13(14)20-12/h9,11H,5-8H2,1-4H3. The van der Waals surface area contributed by atoms with Gasteiger partial charge in [0.15, 0.2) is 8.68 Å². The lowest BCUT2D eigenvalue weighted by Gasteiger charge is -2.37. The predicted molar refractivity (Wildman–Crippen MR) is 86.5 cm³/mol. The van der Waals surface area contributed by atoms with E-state index in [2.05, 4.69) is 23.7 Å². The maximum absolute atomic E-state index is 12.7. The Morgan fingerprint density at radius 2 is 1.95 bits per heavy atom. The number of hydrogen-bond donors (Lipinski definition) is 0. The number of piperidine rings is 1. The fraction of sp³-hybridized carbons (Fsp3) is 0.769. The molecule has 0 amide bonds. The van der Waals surface area contributed by atoms with Crippen molar-refractivity contribution in [3.8, 4) is 0 Å². The molecule has 0 radical (unpaired) electrons. The number of sulfonamides is 1. The molecule has 5 nitrogen and oxygen atoms in total. The molecule has 1 aromatic rings. The molecule has 2 rings (SSSR count). The van der Waals surface area contributed by atoms with E-state index < -0.39 is 10.0 Å². The van der Waals surface area contributed by atoms with Crippen LogP contribution in [0.4, 0.5) is 0 Å². The zero-order valence-electron chi connectivity index (χ0n) is 12.8. The second-order valence-electron chi connectivity index (χ2n) is 5.72. The summed E-state index contributed by atoms with van der Waals surface area (Å²) < 4.78 is 27.4. The van der Waals surface area contributed by atoms with Crippen molar-refractivity contribution in [2.45, 2.75) is 49.9 Å². The summed E-state index contributed by atoms with van der Waals surface area (Å²) in [6.45, 7) is 7.90. The van der Waals surface area contributed by atoms with Gasteiger partial charge in [0.1, 0.15) is 0 Å². The molecule has 0 spiro atoms. The van der Waals surface area contributed by atoms with Gasteiger partial charge in [-0.3, -0.25) is 0 Å². The summed E-state index contributed by atoms with van der Waals surface area (Å²) in [6.07, 6.45) is 1.72. The van der Waals surface area contributed by atoms with Gasteiger partial charge in [0, 0.05) is 19.1 Å². The number of halogens is 1. The quantitative estimate of drug-likeness (QED) is 0.836. The first kappa shape index (κ1) is 17.1. The molecule has 0 atom stereocenters. The van der Waals surface area contributed by atoms with Crippen LogP contribution in [-0.2, 0) is 10.0 Å². The molecular weight excluding hydrogens is 330 g/mol. The highest BCUT2D eigenvalue weighted by Crippen LogP contribution is 2.31. The number of likely N-dealkylation sites (tertiary alicyclic amines) is 1. The molecule has 21 heavy (non-hydrogen) atoms. The van der Waals surface area contributed by atoms with Crippen LogP contribution in [0.2, 0.25) is 4.47 Å². The third kappa shape index (κ3) is 3.59. The van der Waals surface area contributed by atoms with Crippen LogP contribution in [0.15, 0.2) is 4.21 Å². The van der Waals surface area contributed by atoms with Crippen molar-refractivity contribution in [2.75, 3.05) is 20.1 Å². The van der Waals surface area contributed by atoms with Crippen molar-refractivity contribution < 1.29 is 8.42 Å². The largest absolute Gasteiger partial charge is 0.301 e. The van der Waals surface area contributed by atoms with Crippen LogP contribution in [0.1, 0.15) is 32.4 Å². The van der Waals surface area contributed by atoms with Crippen molar-refractivity contribution in [1.82, 2.24) is 14.2 Å². The normalized spacial score (nSPS) is 18.8. The van der Waals surface area contributed by atoms with E-state index in [9.17, 15) is 8.42 Å². The second kappa shape index (κ2) is 6.50. The van der Waals surface area contributed by atoms with Crippen LogP contribution < -0.4 is 0 Å². The van der Waals surface area contributed by atoms with E-state index in [1.54, 1.807) is 14.0 Å². The highest BCUT2D eigenvalue weighted by molar-refractivity contribution is 7.91. The van der Waals surface area contributed by atoms with Crippen LogP contribution in [0, 0.1) is 6.92 Å². The molecule has 1 aromatic heterocycles. The van der Waals surface area contributed by atoms with Gasteiger partial charge in [-0.15, -0.1) is 0 Å². The Kier molecular flexibility index (Phi) is 5.31. The monoisotopic (exact) mass is 351 g/mol. The average Bonchev–Trinajstić information content (AvgIpc) is 2.77. The van der Waals surface area contributed by atoms with Crippen LogP contribution >= 0.6 is 22.9 Å². The molecule has 0 aliphatic carbocycles. The third-order valence-electron chi connectivity index (χ3n) is 4.08. The SMILES string of the molecule is Cc1nc(Cl)sc1S(=O)(=O)N(C)C1CCN(C(C)C)CC1. The molecule has 1 aliphatic heterocycles. The Morgan fingerprint density at radius 1 is 1.38 bits per heavy atom. The summed E-state index contributed by atoms with van der Waals surface area (Å²) in [5.74, 6) is 0. The van der Waals surface area contributed by atoms with Gasteiger partial charge in [-0.1, -0.05) is 22.9 Å². The zero-order valence-corrected chi connectivity index (χ0v) is 15.2. The van der Waals surface area contributed by atoms with E-state index in [0.717, 1.165) is 37.3 Å². The maximum atomic E-state index is 12.7. The lowest BCUT2D eigenvalue weighted by Crippen LogP contribution is -2.47. The Hall–Kier alpha value is -0.210. The fourth-order valence-electron chi connectivity index (χ4n) is 2.68. The highest BCUT2D eigenvalue weighted by atomic mass is 35.5. The van der Waals surface area contributed by atoms with Gasteiger partial charge < -0.3 is 4.90 Å². The Bertz CT molecular complexity index is 593. The molecule has 1 aliphatic rings. The molecule has 0 bridgehead atoms. The van der Waals surface area contributed by atoms with E-state index in [-0.39, 0.29) is 14.7 Å². The second-order valence-corrected chi connectivity index (χ2v) is 9.50. The Morgan fingerprint density at radius 3 is 2.38 bits per heavy atom. The Labute approximate surface area is 136 Å². The number of aryl methyl sites for hydroxylation is 1. The zero-order chi connectivity index (χ0) is 15.8. The maximum Gasteiger partial charge on any atom is 0.254 e. The summed E-state index contributed by atoms with van der Waals surface area (Å²) in [6, 6.07) is 0.556. The van der Waals surface area contributed by atoms with Gasteiger partial charge in [-0.25, -0.2) is 13.4 Å². The number of hydrogen-bond acceptors (Lipinski definition) is 5. The fourth-order valence-corrected chi connectivity index (χ4v) is 6.00. The van der Waals surface area contributed by atoms with Crippen molar-refractivity contribution >= 4 is 33.0 Å². The number of nitrogens with zero attached hydrogens (tertiary/aromatic N) is 3. The first-order valence-corrected chi connectivity index (χ1v) is 9.72. The minimum atomic E-state index is -3.50. The van der Waals surface area contributed by atoms with Crippen molar-refractivity contribution in [3.63, 3.8) is 0 Å². The van der Waals surface area contributed by atoms with Crippen molar-refractivity contribution in [1.29, 1.82) is 0 Å². The third-order valence-corrected chi connectivity index (χ3v) is 7.84. The minimum Gasteiger partial charge on any atom is -0.301 e. The Balaban J connectivity index is 2.13. The van der Waals surface area contributed by atoms with E-state index in [1.807, 2.05) is 0 Å². The molecule has 120 valence electrons. The first-order chi connectivity index (χ1) is 9.73. The molecule has 0 saturated carbocycles. The molecule has 0 aromatic carbocycles. The summed E-state index contributed by atoms with van der Waals surface area (Å²) in [4.78, 5) is 6.39. The van der Waals surface area contributed by atoms with Crippen LogP contribution in [0.3, 0.4) is 0 Å². The van der Waals surface area contributed by atoms with Gasteiger partial charge in [0.2, 0.25) is 0 Å². The first-order valence-electron chi connectivity index (χ1n) is 7.08. The van der Waals surface area contributed by atoms with Crippen LogP contribution in [0.5, 0.6) is 0 Å². The summed E-state index contributed by atoms with van der Waals surface area (Å²) in [5.41, 5.74) is 0.483. The van der Waals surface area contributed by atoms with Crippen LogP contribution in [-0.4, -0.2) is 54.8 Å². The van der Waals surface area contributed by atoms with Gasteiger partial charge in [-0.05, 0) is 46.7 Å².